The second-order valence-corrected chi connectivity index (χ2v) is 4.84. The molecule has 0 spiro atoms. The molecule has 5 heteroatoms. The number of halogens is 1. The monoisotopic (exact) mass is 269 g/mol. The van der Waals surface area contributed by atoms with E-state index >= 15 is 0 Å². The maximum Gasteiger partial charge on any atom is 0.231 e. The van der Waals surface area contributed by atoms with Crippen LogP contribution in [0.3, 0.4) is 0 Å². The number of nitrogens with two attached hydrogens (primary N) is 1. The van der Waals surface area contributed by atoms with Gasteiger partial charge in [-0.25, -0.2) is 0 Å². The van der Waals surface area contributed by atoms with Crippen LogP contribution in [-0.4, -0.2) is 19.4 Å². The van der Waals surface area contributed by atoms with Crippen LogP contribution < -0.4 is 19.9 Å². The third-order valence-electron chi connectivity index (χ3n) is 2.48. The van der Waals surface area contributed by atoms with Crippen molar-refractivity contribution in [1.29, 1.82) is 0 Å². The first-order valence-electron chi connectivity index (χ1n) is 5.70. The molecule has 18 heavy (non-hydrogen) atoms. The summed E-state index contributed by atoms with van der Waals surface area (Å²) in [5.41, 5.74) is 6.80. The van der Waals surface area contributed by atoms with E-state index in [9.17, 15) is 0 Å². The van der Waals surface area contributed by atoms with Gasteiger partial charge in [-0.2, -0.15) is 0 Å². The molecule has 1 aromatic carbocycles. The van der Waals surface area contributed by atoms with Gasteiger partial charge < -0.3 is 19.9 Å². The van der Waals surface area contributed by atoms with Crippen molar-refractivity contribution in [2.75, 3.05) is 13.4 Å². The van der Waals surface area contributed by atoms with Crippen LogP contribution in [0.25, 0.3) is 0 Å². The Bertz CT molecular complexity index is 460. The lowest BCUT2D eigenvalue weighted by atomic mass is 10.1. The average Bonchev–Trinajstić information content (AvgIpc) is 2.71. The zero-order valence-corrected chi connectivity index (χ0v) is 11.0. The highest BCUT2D eigenvalue weighted by Crippen LogP contribution is 2.38. The van der Waals surface area contributed by atoms with Gasteiger partial charge in [0.15, 0.2) is 11.5 Å². The van der Waals surface area contributed by atoms with Crippen molar-refractivity contribution in [1.82, 2.24) is 0 Å². The summed E-state index contributed by atoms with van der Waals surface area (Å²) in [5, 5.41) is 0.444. The minimum Gasteiger partial charge on any atom is -0.488 e. The molecule has 0 fully saturated rings. The van der Waals surface area contributed by atoms with E-state index in [1.165, 1.54) is 0 Å². The number of rotatable bonds is 5. The van der Waals surface area contributed by atoms with Gasteiger partial charge in [-0.1, -0.05) is 18.2 Å². The van der Waals surface area contributed by atoms with Crippen LogP contribution in [0.15, 0.2) is 23.7 Å². The maximum absolute atomic E-state index is 5.82. The molecule has 0 aromatic heterocycles. The molecule has 0 radical (unpaired) electrons. The van der Waals surface area contributed by atoms with Gasteiger partial charge in [0.2, 0.25) is 6.79 Å². The Morgan fingerprint density at radius 1 is 1.50 bits per heavy atom. The molecule has 0 bridgehead atoms. The van der Waals surface area contributed by atoms with E-state index in [2.05, 4.69) is 6.58 Å². The van der Waals surface area contributed by atoms with Gasteiger partial charge in [-0.15, -0.1) is 0 Å². The molecule has 1 atom stereocenters. The molecule has 0 amide bonds. The van der Waals surface area contributed by atoms with E-state index in [1.807, 2.05) is 13.0 Å². The molecular weight excluding hydrogens is 254 g/mol. The molecule has 2 N–H and O–H groups in total. The molecule has 0 saturated heterocycles. The predicted octanol–water partition coefficient (Wildman–Crippen LogP) is 2.44. The summed E-state index contributed by atoms with van der Waals surface area (Å²) in [5.74, 6) is 2.11. The topological polar surface area (TPSA) is 53.7 Å². The Labute approximate surface area is 111 Å². The normalized spacial score (nSPS) is 14.4. The first-order valence-corrected chi connectivity index (χ1v) is 6.08. The fourth-order valence-corrected chi connectivity index (χ4v) is 1.82. The van der Waals surface area contributed by atoms with Crippen molar-refractivity contribution in [2.24, 2.45) is 5.73 Å². The van der Waals surface area contributed by atoms with Crippen LogP contribution in [0, 0.1) is 0 Å². The lowest BCUT2D eigenvalue weighted by molar-refractivity contribution is 0.174. The van der Waals surface area contributed by atoms with E-state index in [1.54, 1.807) is 6.07 Å². The predicted molar refractivity (Wildman–Crippen MR) is 70.4 cm³/mol. The molecule has 0 saturated carbocycles. The lowest BCUT2D eigenvalue weighted by Gasteiger charge is -2.13. The molecule has 1 aliphatic rings. The smallest absolute Gasteiger partial charge is 0.231 e. The minimum absolute atomic E-state index is 0.0342. The van der Waals surface area contributed by atoms with Crippen molar-refractivity contribution in [3.05, 3.63) is 29.3 Å². The molecule has 98 valence electrons. The lowest BCUT2D eigenvalue weighted by Crippen LogP contribution is -2.18. The maximum atomic E-state index is 5.82. The fraction of sp³-hybridized carbons (Fsp3) is 0.385. The van der Waals surface area contributed by atoms with Gasteiger partial charge in [-0.05, 0) is 25.0 Å². The zero-order chi connectivity index (χ0) is 13.1. The van der Waals surface area contributed by atoms with Gasteiger partial charge in [0.25, 0.3) is 0 Å². The Morgan fingerprint density at radius 3 is 2.78 bits per heavy atom. The third kappa shape index (κ3) is 3.09. The molecule has 2 rings (SSSR count). The summed E-state index contributed by atoms with van der Waals surface area (Å²) in [6.07, 6.45) is 0.695. The number of hydrogen-bond donors (Lipinski definition) is 1. The van der Waals surface area contributed by atoms with Crippen molar-refractivity contribution in [3.8, 4) is 17.2 Å². The first-order chi connectivity index (χ1) is 8.56. The number of hydrogen-bond acceptors (Lipinski definition) is 4. The summed E-state index contributed by atoms with van der Waals surface area (Å²) in [6.45, 7) is 6.02. The van der Waals surface area contributed by atoms with Gasteiger partial charge in [0.1, 0.15) is 12.4 Å². The molecule has 0 aliphatic carbocycles. The average molecular weight is 270 g/mol. The Balaban J connectivity index is 2.26. The minimum atomic E-state index is 0.0342. The summed E-state index contributed by atoms with van der Waals surface area (Å²) in [7, 11) is 0. The quantitative estimate of drug-likeness (QED) is 0.892. The molecule has 1 unspecified atom stereocenters. The summed E-state index contributed by atoms with van der Waals surface area (Å²) in [4.78, 5) is 0. The molecule has 1 aromatic rings. The van der Waals surface area contributed by atoms with E-state index in [4.69, 9.17) is 31.5 Å². The van der Waals surface area contributed by atoms with E-state index in [-0.39, 0.29) is 19.4 Å². The van der Waals surface area contributed by atoms with Gasteiger partial charge in [0, 0.05) is 17.1 Å². The van der Waals surface area contributed by atoms with Crippen LogP contribution in [0.2, 0.25) is 0 Å². The number of fused-ring (bicyclic) bond motifs is 1. The van der Waals surface area contributed by atoms with Crippen LogP contribution in [0.5, 0.6) is 17.2 Å². The SMILES string of the molecule is C=C(Cl)COc1cc2c(cc1CC(C)N)OCO2. The largest absolute Gasteiger partial charge is 0.488 e. The highest BCUT2D eigenvalue weighted by atomic mass is 35.5. The Kier molecular flexibility index (Phi) is 3.99. The van der Waals surface area contributed by atoms with Gasteiger partial charge in [0.05, 0.1) is 0 Å². The molecular formula is C13H16ClNO3. The van der Waals surface area contributed by atoms with Crippen LogP contribution >= 0.6 is 11.6 Å². The second kappa shape index (κ2) is 5.50. The highest BCUT2D eigenvalue weighted by Gasteiger charge is 2.18. The second-order valence-electron chi connectivity index (χ2n) is 4.30. The summed E-state index contributed by atoms with van der Waals surface area (Å²) >= 11 is 5.70. The molecule has 4 nitrogen and oxygen atoms in total. The zero-order valence-electron chi connectivity index (χ0n) is 10.2. The number of ether oxygens (including phenoxy) is 3. The summed E-state index contributed by atoms with van der Waals surface area (Å²) in [6, 6.07) is 3.74. The highest BCUT2D eigenvalue weighted by molar-refractivity contribution is 6.29. The molecule has 1 heterocycles. The first kappa shape index (κ1) is 13.1. The van der Waals surface area contributed by atoms with E-state index in [0.29, 0.717) is 23.0 Å². The van der Waals surface area contributed by atoms with E-state index in [0.717, 1.165) is 11.3 Å². The fourth-order valence-electron chi connectivity index (χ4n) is 1.76. The van der Waals surface area contributed by atoms with Gasteiger partial charge in [-0.3, -0.25) is 0 Å². The van der Waals surface area contributed by atoms with Crippen LogP contribution in [-0.2, 0) is 6.42 Å². The van der Waals surface area contributed by atoms with E-state index < -0.39 is 0 Å². The third-order valence-corrected chi connectivity index (χ3v) is 2.59. The van der Waals surface area contributed by atoms with Crippen molar-refractivity contribution in [2.45, 2.75) is 19.4 Å². The Morgan fingerprint density at radius 2 is 2.17 bits per heavy atom. The summed E-state index contributed by atoms with van der Waals surface area (Å²) < 4.78 is 16.3. The van der Waals surface area contributed by atoms with Crippen LogP contribution in [0.1, 0.15) is 12.5 Å². The van der Waals surface area contributed by atoms with Crippen LogP contribution in [0.4, 0.5) is 0 Å². The standard InChI is InChI=1S/C13H16ClNO3/c1-8(14)6-16-11-5-13-12(17-7-18-13)4-10(11)3-9(2)15/h4-5,9H,1,3,6-7,15H2,2H3. The Hall–Kier alpha value is -1.39. The van der Waals surface area contributed by atoms with Crippen molar-refractivity contribution < 1.29 is 14.2 Å². The number of benzene rings is 1. The van der Waals surface area contributed by atoms with Gasteiger partial charge >= 0.3 is 0 Å². The van der Waals surface area contributed by atoms with Crippen molar-refractivity contribution in [3.63, 3.8) is 0 Å². The molecule has 1 aliphatic heterocycles. The van der Waals surface area contributed by atoms with Crippen molar-refractivity contribution >= 4 is 11.6 Å².